The van der Waals surface area contributed by atoms with E-state index in [9.17, 15) is 4.39 Å². The minimum absolute atomic E-state index is 0.205. The molecule has 2 N–H and O–H groups in total. The molecule has 0 bridgehead atoms. The van der Waals surface area contributed by atoms with Crippen LogP contribution in [0.5, 0.6) is 0 Å². The second-order valence-electron chi connectivity index (χ2n) is 4.76. The predicted molar refractivity (Wildman–Crippen MR) is 66.1 cm³/mol. The van der Waals surface area contributed by atoms with E-state index in [4.69, 9.17) is 10.5 Å². The lowest BCUT2D eigenvalue weighted by Gasteiger charge is -2.38. The Morgan fingerprint density at radius 1 is 1.35 bits per heavy atom. The number of benzene rings is 1. The summed E-state index contributed by atoms with van der Waals surface area (Å²) < 4.78 is 18.8. The minimum atomic E-state index is -0.337. The van der Waals surface area contributed by atoms with E-state index < -0.39 is 0 Å². The van der Waals surface area contributed by atoms with Crippen LogP contribution in [0.15, 0.2) is 18.2 Å². The zero-order valence-electron chi connectivity index (χ0n) is 10.3. The van der Waals surface area contributed by atoms with Gasteiger partial charge in [-0.1, -0.05) is 6.07 Å². The molecule has 94 valence electrons. The first kappa shape index (κ1) is 12.3. The molecule has 1 aliphatic heterocycles. The smallest absolute Gasteiger partial charge is 0.146 e. The van der Waals surface area contributed by atoms with E-state index in [1.165, 1.54) is 6.07 Å². The van der Waals surface area contributed by atoms with Crippen molar-refractivity contribution in [3.8, 4) is 0 Å². The number of nitrogen functional groups attached to an aromatic ring is 1. The summed E-state index contributed by atoms with van der Waals surface area (Å²) in [4.78, 5) is 2.33. The maximum atomic E-state index is 13.4. The van der Waals surface area contributed by atoms with Gasteiger partial charge in [0.25, 0.3) is 0 Å². The first-order chi connectivity index (χ1) is 8.08. The molecular weight excluding hydrogens is 219 g/mol. The topological polar surface area (TPSA) is 38.5 Å². The fourth-order valence-corrected chi connectivity index (χ4v) is 2.23. The standard InChI is InChI=1S/C13H19FN2O/c1-9-7-17-8-10(2)16(9)6-11-3-4-13(15)12(14)5-11/h3-5,9-10H,6-8,15H2,1-2H3/t9-,10-/m0/s1. The molecular formula is C13H19FN2O. The third-order valence-corrected chi connectivity index (χ3v) is 3.28. The summed E-state index contributed by atoms with van der Waals surface area (Å²) in [6, 6.07) is 5.75. The molecule has 1 aromatic rings. The summed E-state index contributed by atoms with van der Waals surface area (Å²) in [5.74, 6) is -0.337. The minimum Gasteiger partial charge on any atom is -0.396 e. The number of nitrogens with two attached hydrogens (primary N) is 1. The summed E-state index contributed by atoms with van der Waals surface area (Å²) >= 11 is 0. The fraction of sp³-hybridized carbons (Fsp3) is 0.538. The number of halogens is 1. The van der Waals surface area contributed by atoms with Crippen LogP contribution >= 0.6 is 0 Å². The zero-order valence-corrected chi connectivity index (χ0v) is 10.3. The van der Waals surface area contributed by atoms with Crippen molar-refractivity contribution in [3.63, 3.8) is 0 Å². The number of hydrogen-bond acceptors (Lipinski definition) is 3. The molecule has 0 amide bonds. The van der Waals surface area contributed by atoms with E-state index in [0.29, 0.717) is 12.1 Å². The normalized spacial score (nSPS) is 26.1. The molecule has 2 rings (SSSR count). The Labute approximate surface area is 101 Å². The number of anilines is 1. The van der Waals surface area contributed by atoms with Crippen molar-refractivity contribution in [2.45, 2.75) is 32.5 Å². The molecule has 0 aliphatic carbocycles. The lowest BCUT2D eigenvalue weighted by molar-refractivity contribution is -0.0409. The van der Waals surface area contributed by atoms with E-state index in [1.807, 2.05) is 6.07 Å². The molecule has 3 nitrogen and oxygen atoms in total. The van der Waals surface area contributed by atoms with Crippen LogP contribution < -0.4 is 5.73 Å². The van der Waals surface area contributed by atoms with Gasteiger partial charge in [-0.15, -0.1) is 0 Å². The molecule has 0 radical (unpaired) electrons. The molecule has 1 aromatic carbocycles. The summed E-state index contributed by atoms with van der Waals surface area (Å²) in [5.41, 5.74) is 6.63. The molecule has 1 fully saturated rings. The maximum absolute atomic E-state index is 13.4. The lowest BCUT2D eigenvalue weighted by atomic mass is 10.1. The Morgan fingerprint density at radius 3 is 2.59 bits per heavy atom. The van der Waals surface area contributed by atoms with Gasteiger partial charge in [0.15, 0.2) is 0 Å². The van der Waals surface area contributed by atoms with Gasteiger partial charge in [0.1, 0.15) is 5.82 Å². The molecule has 1 heterocycles. The van der Waals surface area contributed by atoms with Gasteiger partial charge in [-0.3, -0.25) is 4.90 Å². The van der Waals surface area contributed by atoms with E-state index in [2.05, 4.69) is 18.7 Å². The van der Waals surface area contributed by atoms with Crippen LogP contribution in [-0.2, 0) is 11.3 Å². The SMILES string of the molecule is C[C@H]1COC[C@H](C)N1Cc1ccc(N)c(F)c1. The summed E-state index contributed by atoms with van der Waals surface area (Å²) in [7, 11) is 0. The molecule has 0 aromatic heterocycles. The van der Waals surface area contributed by atoms with Gasteiger partial charge in [-0.05, 0) is 31.5 Å². The van der Waals surface area contributed by atoms with Crippen molar-refractivity contribution in [3.05, 3.63) is 29.6 Å². The second-order valence-corrected chi connectivity index (χ2v) is 4.76. The average Bonchev–Trinajstić information content (AvgIpc) is 2.28. The number of nitrogens with zero attached hydrogens (tertiary/aromatic N) is 1. The van der Waals surface area contributed by atoms with Crippen molar-refractivity contribution in [1.29, 1.82) is 0 Å². The number of ether oxygens (including phenoxy) is 1. The third-order valence-electron chi connectivity index (χ3n) is 3.28. The lowest BCUT2D eigenvalue weighted by Crippen LogP contribution is -2.48. The molecule has 1 saturated heterocycles. The highest BCUT2D eigenvalue weighted by Crippen LogP contribution is 2.19. The third kappa shape index (κ3) is 2.76. The largest absolute Gasteiger partial charge is 0.396 e. The Morgan fingerprint density at radius 2 is 2.00 bits per heavy atom. The van der Waals surface area contributed by atoms with Gasteiger partial charge in [-0.25, -0.2) is 4.39 Å². The van der Waals surface area contributed by atoms with Gasteiger partial charge in [0.2, 0.25) is 0 Å². The van der Waals surface area contributed by atoms with Gasteiger partial charge in [0.05, 0.1) is 18.9 Å². The van der Waals surface area contributed by atoms with Crippen LogP contribution in [0.2, 0.25) is 0 Å². The average molecular weight is 238 g/mol. The quantitative estimate of drug-likeness (QED) is 0.801. The number of hydrogen-bond donors (Lipinski definition) is 1. The highest BCUT2D eigenvalue weighted by molar-refractivity contribution is 5.41. The van der Waals surface area contributed by atoms with Crippen molar-refractivity contribution >= 4 is 5.69 Å². The van der Waals surface area contributed by atoms with Crippen molar-refractivity contribution in [2.24, 2.45) is 0 Å². The van der Waals surface area contributed by atoms with Crippen molar-refractivity contribution in [1.82, 2.24) is 4.90 Å². The number of morpholine rings is 1. The monoisotopic (exact) mass is 238 g/mol. The fourth-order valence-electron chi connectivity index (χ4n) is 2.23. The molecule has 0 unspecified atom stereocenters. The zero-order chi connectivity index (χ0) is 12.4. The van der Waals surface area contributed by atoms with E-state index in [0.717, 1.165) is 25.3 Å². The Bertz CT molecular complexity index is 387. The van der Waals surface area contributed by atoms with E-state index >= 15 is 0 Å². The first-order valence-corrected chi connectivity index (χ1v) is 5.95. The Balaban J connectivity index is 2.10. The van der Waals surface area contributed by atoms with Crippen LogP contribution in [0.25, 0.3) is 0 Å². The van der Waals surface area contributed by atoms with E-state index in [1.54, 1.807) is 6.07 Å². The molecule has 0 spiro atoms. The van der Waals surface area contributed by atoms with Gasteiger partial charge in [-0.2, -0.15) is 0 Å². The molecule has 2 atom stereocenters. The van der Waals surface area contributed by atoms with Crippen LogP contribution in [0.4, 0.5) is 10.1 Å². The van der Waals surface area contributed by atoms with Crippen LogP contribution in [0.3, 0.4) is 0 Å². The summed E-state index contributed by atoms with van der Waals surface area (Å²) in [6.45, 7) is 6.47. The maximum Gasteiger partial charge on any atom is 0.146 e. The van der Waals surface area contributed by atoms with Gasteiger partial charge >= 0.3 is 0 Å². The Kier molecular flexibility index (Phi) is 3.64. The van der Waals surface area contributed by atoms with Crippen molar-refractivity contribution in [2.75, 3.05) is 18.9 Å². The van der Waals surface area contributed by atoms with Crippen molar-refractivity contribution < 1.29 is 9.13 Å². The van der Waals surface area contributed by atoms with Crippen LogP contribution in [0, 0.1) is 5.82 Å². The molecule has 17 heavy (non-hydrogen) atoms. The van der Waals surface area contributed by atoms with Crippen LogP contribution in [-0.4, -0.2) is 30.2 Å². The number of rotatable bonds is 2. The Hall–Kier alpha value is -1.13. The van der Waals surface area contributed by atoms with Gasteiger partial charge < -0.3 is 10.5 Å². The van der Waals surface area contributed by atoms with Crippen LogP contribution in [0.1, 0.15) is 19.4 Å². The molecule has 0 saturated carbocycles. The molecule has 1 aliphatic rings. The second kappa shape index (κ2) is 5.02. The summed E-state index contributed by atoms with van der Waals surface area (Å²) in [5, 5.41) is 0. The van der Waals surface area contributed by atoms with E-state index in [-0.39, 0.29) is 11.5 Å². The first-order valence-electron chi connectivity index (χ1n) is 5.95. The predicted octanol–water partition coefficient (Wildman–Crippen LogP) is 2.02. The van der Waals surface area contributed by atoms with Gasteiger partial charge in [0, 0.05) is 18.6 Å². The summed E-state index contributed by atoms with van der Waals surface area (Å²) in [6.07, 6.45) is 0. The molecule has 4 heteroatoms. The highest BCUT2D eigenvalue weighted by Gasteiger charge is 2.25. The highest BCUT2D eigenvalue weighted by atomic mass is 19.1.